The minimum absolute atomic E-state index is 0.684. The average molecular weight is 203 g/mol. The molecule has 0 fully saturated rings. The highest BCUT2D eigenvalue weighted by molar-refractivity contribution is 5.36. The molecule has 0 aromatic heterocycles. The van der Waals surface area contributed by atoms with Gasteiger partial charge in [0, 0.05) is 0 Å². The van der Waals surface area contributed by atoms with Gasteiger partial charge in [0.2, 0.25) is 0 Å². The van der Waals surface area contributed by atoms with Crippen LogP contribution in [-0.2, 0) is 12.8 Å². The van der Waals surface area contributed by atoms with Crippen molar-refractivity contribution in [2.45, 2.75) is 38.5 Å². The first-order chi connectivity index (χ1) is 7.31. The van der Waals surface area contributed by atoms with Gasteiger partial charge in [-0.05, 0) is 61.9 Å². The molecule has 0 saturated heterocycles. The third-order valence-corrected chi connectivity index (χ3v) is 3.52. The van der Waals surface area contributed by atoms with Gasteiger partial charge in [0.15, 0.2) is 0 Å². The Bertz CT molecular complexity index is 330. The zero-order chi connectivity index (χ0) is 10.7. The number of hydrogen-bond donors (Lipinski definition) is 1. The first-order valence-electron chi connectivity index (χ1n) is 6.07. The van der Waals surface area contributed by atoms with Gasteiger partial charge in [-0.1, -0.05) is 25.1 Å². The van der Waals surface area contributed by atoms with Gasteiger partial charge in [0.25, 0.3) is 0 Å². The van der Waals surface area contributed by atoms with Gasteiger partial charge < -0.3 is 5.32 Å². The Balaban J connectivity index is 2.08. The topological polar surface area (TPSA) is 12.0 Å². The molecule has 0 heterocycles. The van der Waals surface area contributed by atoms with E-state index in [1.54, 1.807) is 11.1 Å². The van der Waals surface area contributed by atoms with Crippen LogP contribution < -0.4 is 5.32 Å². The largest absolute Gasteiger partial charge is 0.320 e. The molecule has 1 heteroatoms. The van der Waals surface area contributed by atoms with Crippen molar-refractivity contribution in [1.29, 1.82) is 0 Å². The molecule has 1 aromatic rings. The van der Waals surface area contributed by atoms with Gasteiger partial charge in [-0.15, -0.1) is 0 Å². The van der Waals surface area contributed by atoms with Crippen molar-refractivity contribution in [1.82, 2.24) is 5.32 Å². The Kier molecular flexibility index (Phi) is 3.42. The van der Waals surface area contributed by atoms with Crippen molar-refractivity contribution >= 4 is 0 Å². The molecule has 0 spiro atoms. The standard InChI is InChI=1S/C14H21N/c1-11(8-9-15-2)13-7-6-12-4-3-5-14(12)10-13/h6-7,10-11,15H,3-5,8-9H2,1-2H3. The highest BCUT2D eigenvalue weighted by Gasteiger charge is 2.12. The van der Waals surface area contributed by atoms with Crippen molar-refractivity contribution in [3.8, 4) is 0 Å². The Morgan fingerprint density at radius 3 is 2.87 bits per heavy atom. The number of benzene rings is 1. The summed E-state index contributed by atoms with van der Waals surface area (Å²) in [5.74, 6) is 0.684. The van der Waals surface area contributed by atoms with Crippen LogP contribution in [0.1, 0.15) is 42.4 Å². The fourth-order valence-corrected chi connectivity index (χ4v) is 2.43. The minimum atomic E-state index is 0.684. The van der Waals surface area contributed by atoms with Gasteiger partial charge in [-0.2, -0.15) is 0 Å². The number of hydrogen-bond acceptors (Lipinski definition) is 1. The van der Waals surface area contributed by atoms with Gasteiger partial charge in [0.1, 0.15) is 0 Å². The highest BCUT2D eigenvalue weighted by Crippen LogP contribution is 2.27. The second-order valence-electron chi connectivity index (χ2n) is 4.67. The first kappa shape index (κ1) is 10.7. The molecule has 82 valence electrons. The Morgan fingerprint density at radius 1 is 1.27 bits per heavy atom. The summed E-state index contributed by atoms with van der Waals surface area (Å²) in [6.45, 7) is 3.44. The molecule has 2 rings (SSSR count). The fraction of sp³-hybridized carbons (Fsp3) is 0.571. The Morgan fingerprint density at radius 2 is 2.07 bits per heavy atom. The molecule has 1 unspecified atom stereocenters. The summed E-state index contributed by atoms with van der Waals surface area (Å²) < 4.78 is 0. The van der Waals surface area contributed by atoms with Crippen LogP contribution in [0.3, 0.4) is 0 Å². The van der Waals surface area contributed by atoms with E-state index in [0.29, 0.717) is 5.92 Å². The molecule has 0 saturated carbocycles. The maximum Gasteiger partial charge on any atom is -0.00462 e. The summed E-state index contributed by atoms with van der Waals surface area (Å²) in [4.78, 5) is 0. The van der Waals surface area contributed by atoms with Crippen LogP contribution in [0.15, 0.2) is 18.2 Å². The van der Waals surface area contributed by atoms with Crippen LogP contribution in [0, 0.1) is 0 Å². The lowest BCUT2D eigenvalue weighted by molar-refractivity contribution is 0.636. The van der Waals surface area contributed by atoms with Crippen molar-refractivity contribution in [3.05, 3.63) is 34.9 Å². The van der Waals surface area contributed by atoms with Crippen LogP contribution in [0.2, 0.25) is 0 Å². The maximum absolute atomic E-state index is 3.22. The molecule has 1 atom stereocenters. The molecular weight excluding hydrogens is 182 g/mol. The lowest BCUT2D eigenvalue weighted by Gasteiger charge is -2.13. The smallest absolute Gasteiger partial charge is 0.00462 e. The molecule has 1 aliphatic carbocycles. The van der Waals surface area contributed by atoms with E-state index in [-0.39, 0.29) is 0 Å². The summed E-state index contributed by atoms with van der Waals surface area (Å²) in [5, 5.41) is 3.22. The first-order valence-corrected chi connectivity index (χ1v) is 6.07. The van der Waals surface area contributed by atoms with Gasteiger partial charge in [-0.25, -0.2) is 0 Å². The summed E-state index contributed by atoms with van der Waals surface area (Å²) >= 11 is 0. The molecule has 0 bridgehead atoms. The number of nitrogens with one attached hydrogen (secondary N) is 1. The molecule has 0 aliphatic heterocycles. The second kappa shape index (κ2) is 4.80. The summed E-state index contributed by atoms with van der Waals surface area (Å²) in [6, 6.07) is 7.10. The van der Waals surface area contributed by atoms with Crippen molar-refractivity contribution in [2.75, 3.05) is 13.6 Å². The second-order valence-corrected chi connectivity index (χ2v) is 4.67. The monoisotopic (exact) mass is 203 g/mol. The van der Waals surface area contributed by atoms with E-state index >= 15 is 0 Å². The van der Waals surface area contributed by atoms with Crippen LogP contribution >= 0.6 is 0 Å². The highest BCUT2D eigenvalue weighted by atomic mass is 14.8. The van der Waals surface area contributed by atoms with Gasteiger partial charge in [-0.3, -0.25) is 0 Å². The number of aryl methyl sites for hydroxylation is 2. The van der Waals surface area contributed by atoms with Gasteiger partial charge >= 0.3 is 0 Å². The molecule has 1 N–H and O–H groups in total. The third-order valence-electron chi connectivity index (χ3n) is 3.52. The molecular formula is C14H21N. The van der Waals surface area contributed by atoms with Crippen molar-refractivity contribution in [3.63, 3.8) is 0 Å². The van der Waals surface area contributed by atoms with Crippen LogP contribution in [-0.4, -0.2) is 13.6 Å². The van der Waals surface area contributed by atoms with E-state index in [9.17, 15) is 0 Å². The summed E-state index contributed by atoms with van der Waals surface area (Å²) in [5.41, 5.74) is 4.70. The summed E-state index contributed by atoms with van der Waals surface area (Å²) in [7, 11) is 2.02. The SMILES string of the molecule is CNCCC(C)c1ccc2c(c1)CCC2. The van der Waals surface area contributed by atoms with E-state index in [1.165, 1.54) is 31.2 Å². The average Bonchev–Trinajstić information content (AvgIpc) is 2.72. The van der Waals surface area contributed by atoms with E-state index in [0.717, 1.165) is 6.54 Å². The summed E-state index contributed by atoms with van der Waals surface area (Å²) in [6.07, 6.45) is 5.17. The molecule has 1 nitrogen and oxygen atoms in total. The van der Waals surface area contributed by atoms with E-state index in [1.807, 2.05) is 7.05 Å². The van der Waals surface area contributed by atoms with E-state index < -0.39 is 0 Å². The zero-order valence-corrected chi connectivity index (χ0v) is 9.84. The molecule has 0 amide bonds. The zero-order valence-electron chi connectivity index (χ0n) is 9.84. The quantitative estimate of drug-likeness (QED) is 0.793. The van der Waals surface area contributed by atoms with Crippen molar-refractivity contribution in [2.24, 2.45) is 0 Å². The molecule has 15 heavy (non-hydrogen) atoms. The lowest BCUT2D eigenvalue weighted by Crippen LogP contribution is -2.10. The Labute approximate surface area is 92.9 Å². The van der Waals surface area contributed by atoms with Crippen LogP contribution in [0.5, 0.6) is 0 Å². The number of rotatable bonds is 4. The molecule has 0 radical (unpaired) electrons. The molecule has 1 aliphatic rings. The fourth-order valence-electron chi connectivity index (χ4n) is 2.43. The van der Waals surface area contributed by atoms with Gasteiger partial charge in [0.05, 0.1) is 0 Å². The van der Waals surface area contributed by atoms with Crippen LogP contribution in [0.25, 0.3) is 0 Å². The molecule has 1 aromatic carbocycles. The van der Waals surface area contributed by atoms with Crippen LogP contribution in [0.4, 0.5) is 0 Å². The van der Waals surface area contributed by atoms with E-state index in [2.05, 4.69) is 30.4 Å². The van der Waals surface area contributed by atoms with Crippen molar-refractivity contribution < 1.29 is 0 Å². The predicted octanol–water partition coefficient (Wildman–Crippen LogP) is 2.89. The minimum Gasteiger partial charge on any atom is -0.320 e. The number of fused-ring (bicyclic) bond motifs is 1. The lowest BCUT2D eigenvalue weighted by atomic mass is 9.95. The predicted molar refractivity (Wildman–Crippen MR) is 65.4 cm³/mol. The maximum atomic E-state index is 3.22. The Hall–Kier alpha value is -0.820. The van der Waals surface area contributed by atoms with E-state index in [4.69, 9.17) is 0 Å². The normalized spacial score (nSPS) is 16.4. The third kappa shape index (κ3) is 2.40.